The Kier molecular flexibility index (Phi) is 3.70. The summed E-state index contributed by atoms with van der Waals surface area (Å²) in [6, 6.07) is 2.01. The quantitative estimate of drug-likeness (QED) is 0.909. The molecular formula is C13H22N4S. The molecule has 2 fully saturated rings. The van der Waals surface area contributed by atoms with Crippen molar-refractivity contribution >= 4 is 22.4 Å². The number of nitrogens with two attached hydrogens (primary N) is 1. The molecule has 2 aliphatic rings. The SMILES string of the molecule is Nc1cc(N2CCC(CN3CCCC3)CC2)sn1. The van der Waals surface area contributed by atoms with E-state index in [1.807, 2.05) is 6.07 Å². The van der Waals surface area contributed by atoms with Crippen LogP contribution in [-0.4, -0.2) is 42.0 Å². The third-order valence-electron chi connectivity index (χ3n) is 4.16. The van der Waals surface area contributed by atoms with E-state index in [-0.39, 0.29) is 0 Å². The number of nitrogen functional groups attached to an aromatic ring is 1. The average Bonchev–Trinajstić information content (AvgIpc) is 3.02. The van der Waals surface area contributed by atoms with Crippen molar-refractivity contribution in [1.82, 2.24) is 9.27 Å². The number of hydrogen-bond acceptors (Lipinski definition) is 5. The highest BCUT2D eigenvalue weighted by molar-refractivity contribution is 7.10. The maximum atomic E-state index is 5.69. The zero-order chi connectivity index (χ0) is 12.4. The van der Waals surface area contributed by atoms with Gasteiger partial charge in [0.15, 0.2) is 0 Å². The zero-order valence-electron chi connectivity index (χ0n) is 10.8. The van der Waals surface area contributed by atoms with Gasteiger partial charge >= 0.3 is 0 Å². The highest BCUT2D eigenvalue weighted by atomic mass is 32.1. The molecule has 0 aliphatic carbocycles. The van der Waals surface area contributed by atoms with Crippen LogP contribution >= 0.6 is 11.5 Å². The molecule has 2 aliphatic heterocycles. The maximum absolute atomic E-state index is 5.69. The molecule has 1 aromatic heterocycles. The molecule has 0 radical (unpaired) electrons. The van der Waals surface area contributed by atoms with Crippen LogP contribution in [0, 0.1) is 5.92 Å². The molecule has 100 valence electrons. The maximum Gasteiger partial charge on any atom is 0.139 e. The van der Waals surface area contributed by atoms with Crippen molar-refractivity contribution in [2.24, 2.45) is 5.92 Å². The second-order valence-corrected chi connectivity index (χ2v) is 6.31. The molecule has 0 aromatic carbocycles. The minimum absolute atomic E-state index is 0.661. The van der Waals surface area contributed by atoms with E-state index in [0.29, 0.717) is 5.82 Å². The smallest absolute Gasteiger partial charge is 0.139 e. The molecular weight excluding hydrogens is 244 g/mol. The van der Waals surface area contributed by atoms with Crippen LogP contribution in [0.3, 0.4) is 0 Å². The average molecular weight is 266 g/mol. The van der Waals surface area contributed by atoms with Crippen LogP contribution in [-0.2, 0) is 0 Å². The van der Waals surface area contributed by atoms with Crippen molar-refractivity contribution in [2.45, 2.75) is 25.7 Å². The first-order valence-electron chi connectivity index (χ1n) is 7.01. The number of aromatic nitrogens is 1. The standard InChI is InChI=1S/C13H22N4S/c14-12-9-13(18-15-12)17-7-3-11(4-8-17)10-16-5-1-2-6-16/h9,11H,1-8,10H2,(H2,14,15). The molecule has 0 bridgehead atoms. The second-order valence-electron chi connectivity index (χ2n) is 5.53. The predicted molar refractivity (Wildman–Crippen MR) is 77.1 cm³/mol. The molecule has 18 heavy (non-hydrogen) atoms. The van der Waals surface area contributed by atoms with Crippen LogP contribution in [0.2, 0.25) is 0 Å². The van der Waals surface area contributed by atoms with Gasteiger partial charge in [0.2, 0.25) is 0 Å². The third kappa shape index (κ3) is 2.78. The van der Waals surface area contributed by atoms with E-state index in [9.17, 15) is 0 Å². The van der Waals surface area contributed by atoms with Crippen LogP contribution in [0.4, 0.5) is 10.8 Å². The summed E-state index contributed by atoms with van der Waals surface area (Å²) in [5.41, 5.74) is 5.69. The first-order valence-corrected chi connectivity index (χ1v) is 7.78. The van der Waals surface area contributed by atoms with Crippen molar-refractivity contribution < 1.29 is 0 Å². The normalized spacial score (nSPS) is 22.8. The first-order chi connectivity index (χ1) is 8.81. The Balaban J connectivity index is 1.48. The summed E-state index contributed by atoms with van der Waals surface area (Å²) in [5.74, 6) is 1.55. The third-order valence-corrected chi connectivity index (χ3v) is 5.02. The molecule has 0 saturated carbocycles. The highest BCUT2D eigenvalue weighted by Crippen LogP contribution is 2.28. The van der Waals surface area contributed by atoms with E-state index in [1.54, 1.807) is 0 Å². The van der Waals surface area contributed by atoms with Crippen LogP contribution in [0.1, 0.15) is 25.7 Å². The van der Waals surface area contributed by atoms with Crippen molar-refractivity contribution in [3.05, 3.63) is 6.07 Å². The Morgan fingerprint density at radius 1 is 1.22 bits per heavy atom. The molecule has 0 unspecified atom stereocenters. The van der Waals surface area contributed by atoms with Gasteiger partial charge in [-0.25, -0.2) is 0 Å². The summed E-state index contributed by atoms with van der Waals surface area (Å²) in [4.78, 5) is 5.08. The van der Waals surface area contributed by atoms with E-state index < -0.39 is 0 Å². The van der Waals surface area contributed by atoms with Gasteiger partial charge in [0.25, 0.3) is 0 Å². The van der Waals surface area contributed by atoms with Crippen molar-refractivity contribution in [3.8, 4) is 0 Å². The van der Waals surface area contributed by atoms with Crippen molar-refractivity contribution in [1.29, 1.82) is 0 Å². The fourth-order valence-corrected chi connectivity index (χ4v) is 3.82. The minimum Gasteiger partial charge on any atom is -0.383 e. The summed E-state index contributed by atoms with van der Waals surface area (Å²) in [5, 5.41) is 1.24. The van der Waals surface area contributed by atoms with Gasteiger partial charge in [-0.2, -0.15) is 4.37 Å². The first kappa shape index (κ1) is 12.2. The van der Waals surface area contributed by atoms with Gasteiger partial charge < -0.3 is 15.5 Å². The van der Waals surface area contributed by atoms with E-state index in [1.165, 1.54) is 74.9 Å². The zero-order valence-corrected chi connectivity index (χ0v) is 11.7. The fourth-order valence-electron chi connectivity index (χ4n) is 3.09. The molecule has 1 aromatic rings. The lowest BCUT2D eigenvalue weighted by atomic mass is 9.96. The monoisotopic (exact) mass is 266 g/mol. The number of anilines is 2. The topological polar surface area (TPSA) is 45.4 Å². The lowest BCUT2D eigenvalue weighted by Gasteiger charge is -2.34. The molecule has 3 rings (SSSR count). The van der Waals surface area contributed by atoms with E-state index in [2.05, 4.69) is 14.2 Å². The molecule has 0 atom stereocenters. The van der Waals surface area contributed by atoms with Gasteiger partial charge in [0.05, 0.1) is 0 Å². The molecule has 5 heteroatoms. The number of likely N-dealkylation sites (tertiary alicyclic amines) is 1. The van der Waals surface area contributed by atoms with Crippen molar-refractivity contribution in [2.75, 3.05) is 43.4 Å². The Morgan fingerprint density at radius 2 is 1.94 bits per heavy atom. The van der Waals surface area contributed by atoms with Gasteiger partial charge in [0.1, 0.15) is 10.8 Å². The summed E-state index contributed by atoms with van der Waals surface area (Å²) in [6.07, 6.45) is 5.43. The Hall–Kier alpha value is -0.810. The lowest BCUT2D eigenvalue weighted by molar-refractivity contribution is 0.249. The summed E-state index contributed by atoms with van der Waals surface area (Å²) >= 11 is 1.53. The summed E-state index contributed by atoms with van der Waals surface area (Å²) in [7, 11) is 0. The van der Waals surface area contributed by atoms with Crippen LogP contribution in [0.15, 0.2) is 6.07 Å². The Morgan fingerprint density at radius 3 is 2.56 bits per heavy atom. The number of hydrogen-bond donors (Lipinski definition) is 1. The summed E-state index contributed by atoms with van der Waals surface area (Å²) in [6.45, 7) is 6.30. The fraction of sp³-hybridized carbons (Fsp3) is 0.769. The molecule has 0 amide bonds. The van der Waals surface area contributed by atoms with Gasteiger partial charge in [-0.3, -0.25) is 0 Å². The lowest BCUT2D eigenvalue weighted by Crippen LogP contribution is -2.37. The Bertz CT molecular complexity index is 378. The molecule has 2 N–H and O–H groups in total. The second kappa shape index (κ2) is 5.45. The summed E-state index contributed by atoms with van der Waals surface area (Å²) < 4.78 is 4.16. The van der Waals surface area contributed by atoms with E-state index >= 15 is 0 Å². The number of rotatable bonds is 3. The van der Waals surface area contributed by atoms with E-state index in [4.69, 9.17) is 5.73 Å². The molecule has 2 saturated heterocycles. The molecule has 3 heterocycles. The van der Waals surface area contributed by atoms with Gasteiger partial charge in [-0.1, -0.05) is 0 Å². The Labute approximate surface area is 113 Å². The van der Waals surface area contributed by atoms with Crippen LogP contribution in [0.25, 0.3) is 0 Å². The largest absolute Gasteiger partial charge is 0.383 e. The van der Waals surface area contributed by atoms with Gasteiger partial charge in [-0.15, -0.1) is 0 Å². The van der Waals surface area contributed by atoms with Crippen LogP contribution < -0.4 is 10.6 Å². The number of piperidine rings is 1. The molecule has 0 spiro atoms. The van der Waals surface area contributed by atoms with E-state index in [0.717, 1.165) is 5.92 Å². The predicted octanol–water partition coefficient (Wildman–Crippen LogP) is 2.04. The van der Waals surface area contributed by atoms with Gasteiger partial charge in [-0.05, 0) is 56.2 Å². The highest BCUT2D eigenvalue weighted by Gasteiger charge is 2.23. The van der Waals surface area contributed by atoms with Crippen LogP contribution in [0.5, 0.6) is 0 Å². The number of nitrogens with zero attached hydrogens (tertiary/aromatic N) is 3. The van der Waals surface area contributed by atoms with Crippen molar-refractivity contribution in [3.63, 3.8) is 0 Å². The molecule has 4 nitrogen and oxygen atoms in total. The van der Waals surface area contributed by atoms with Gasteiger partial charge in [0, 0.05) is 25.7 Å². The minimum atomic E-state index is 0.661.